The molecule has 0 unspecified atom stereocenters. The van der Waals surface area contributed by atoms with Crippen LogP contribution in [0.15, 0.2) is 12.1 Å². The first kappa shape index (κ1) is 14.3. The van der Waals surface area contributed by atoms with E-state index in [-0.39, 0.29) is 17.5 Å². The highest BCUT2D eigenvalue weighted by molar-refractivity contribution is 6.31. The Morgan fingerprint density at radius 2 is 1.65 bits per heavy atom. The normalized spacial score (nSPS) is 12.5. The Kier molecular flexibility index (Phi) is 4.05. The van der Waals surface area contributed by atoms with E-state index in [9.17, 15) is 4.39 Å². The summed E-state index contributed by atoms with van der Waals surface area (Å²) in [6.45, 7) is 8.09. The monoisotopic (exact) mass is 258 g/mol. The number of nitrogen functional groups attached to an aromatic ring is 1. The summed E-state index contributed by atoms with van der Waals surface area (Å²) in [4.78, 5) is 0. The highest BCUT2D eigenvalue weighted by Crippen LogP contribution is 2.39. The van der Waals surface area contributed by atoms with Gasteiger partial charge < -0.3 is 11.5 Å². The summed E-state index contributed by atoms with van der Waals surface area (Å²) in [5.41, 5.74) is 12.2. The van der Waals surface area contributed by atoms with E-state index in [0.717, 1.165) is 0 Å². The van der Waals surface area contributed by atoms with Crippen LogP contribution in [0.2, 0.25) is 5.02 Å². The zero-order chi connectivity index (χ0) is 13.4. The molecule has 1 aromatic carbocycles. The van der Waals surface area contributed by atoms with Gasteiger partial charge in [-0.25, -0.2) is 4.39 Å². The first-order chi connectivity index (χ1) is 7.71. The molecule has 0 aliphatic carbocycles. The van der Waals surface area contributed by atoms with Gasteiger partial charge >= 0.3 is 0 Å². The van der Waals surface area contributed by atoms with Gasteiger partial charge in [0.25, 0.3) is 0 Å². The molecule has 0 fully saturated rings. The molecule has 0 aliphatic rings. The standard InChI is InChI=1S/C13H20ClFN2/c1-7(2)13(17,8(3)4)9-5-12(16)11(15)6-10(9)14/h5-8H,16-17H2,1-4H3. The Balaban J connectivity index is 3.44. The number of hydrogen-bond acceptors (Lipinski definition) is 2. The van der Waals surface area contributed by atoms with Crippen molar-refractivity contribution in [3.05, 3.63) is 28.5 Å². The van der Waals surface area contributed by atoms with Gasteiger partial charge in [0.15, 0.2) is 0 Å². The van der Waals surface area contributed by atoms with Crippen molar-refractivity contribution < 1.29 is 4.39 Å². The van der Waals surface area contributed by atoms with Crippen LogP contribution in [-0.2, 0) is 5.54 Å². The SMILES string of the molecule is CC(C)C(N)(c1cc(N)c(F)cc1Cl)C(C)C. The highest BCUT2D eigenvalue weighted by atomic mass is 35.5. The van der Waals surface area contributed by atoms with E-state index < -0.39 is 11.4 Å². The molecule has 0 aliphatic heterocycles. The van der Waals surface area contributed by atoms with E-state index in [4.69, 9.17) is 23.1 Å². The topological polar surface area (TPSA) is 52.0 Å². The average molecular weight is 259 g/mol. The van der Waals surface area contributed by atoms with Crippen molar-refractivity contribution in [3.63, 3.8) is 0 Å². The fourth-order valence-electron chi connectivity index (χ4n) is 2.19. The van der Waals surface area contributed by atoms with E-state index in [2.05, 4.69) is 0 Å². The molecule has 0 aromatic heterocycles. The largest absolute Gasteiger partial charge is 0.396 e. The molecule has 0 spiro atoms. The maximum Gasteiger partial charge on any atom is 0.147 e. The number of anilines is 1. The maximum absolute atomic E-state index is 13.3. The van der Waals surface area contributed by atoms with Crippen LogP contribution in [0, 0.1) is 17.7 Å². The van der Waals surface area contributed by atoms with Gasteiger partial charge in [-0.15, -0.1) is 0 Å². The molecule has 0 bridgehead atoms. The van der Waals surface area contributed by atoms with Crippen LogP contribution in [0.1, 0.15) is 33.3 Å². The second-order valence-corrected chi connectivity index (χ2v) is 5.50. The van der Waals surface area contributed by atoms with Gasteiger partial charge in [0.2, 0.25) is 0 Å². The lowest BCUT2D eigenvalue weighted by Gasteiger charge is -2.39. The summed E-state index contributed by atoms with van der Waals surface area (Å²) in [6.07, 6.45) is 0. The second kappa shape index (κ2) is 4.83. The third-order valence-corrected chi connectivity index (χ3v) is 3.78. The molecule has 0 radical (unpaired) electrons. The molecule has 0 saturated heterocycles. The lowest BCUT2D eigenvalue weighted by Crippen LogP contribution is -2.47. The Morgan fingerprint density at radius 1 is 1.18 bits per heavy atom. The van der Waals surface area contributed by atoms with Crippen molar-refractivity contribution in [3.8, 4) is 0 Å². The molecule has 1 rings (SSSR count). The summed E-state index contributed by atoms with van der Waals surface area (Å²) in [5.74, 6) is -0.164. The molecule has 0 saturated carbocycles. The molecule has 0 amide bonds. The van der Waals surface area contributed by atoms with E-state index in [1.165, 1.54) is 6.07 Å². The minimum Gasteiger partial charge on any atom is -0.396 e. The van der Waals surface area contributed by atoms with E-state index in [1.54, 1.807) is 6.07 Å². The van der Waals surface area contributed by atoms with Gasteiger partial charge in [0.05, 0.1) is 5.69 Å². The zero-order valence-electron chi connectivity index (χ0n) is 10.7. The van der Waals surface area contributed by atoms with E-state index >= 15 is 0 Å². The van der Waals surface area contributed by atoms with Crippen molar-refractivity contribution >= 4 is 17.3 Å². The quantitative estimate of drug-likeness (QED) is 0.815. The molecule has 96 valence electrons. The summed E-state index contributed by atoms with van der Waals surface area (Å²) in [5, 5.41) is 0.335. The van der Waals surface area contributed by atoms with Gasteiger partial charge in [0, 0.05) is 10.6 Å². The van der Waals surface area contributed by atoms with Crippen LogP contribution in [-0.4, -0.2) is 0 Å². The third-order valence-electron chi connectivity index (χ3n) is 3.46. The predicted molar refractivity (Wildman–Crippen MR) is 71.4 cm³/mol. The van der Waals surface area contributed by atoms with Gasteiger partial charge in [-0.3, -0.25) is 0 Å². The van der Waals surface area contributed by atoms with Crippen LogP contribution >= 0.6 is 11.6 Å². The number of halogens is 2. The van der Waals surface area contributed by atoms with Crippen LogP contribution in [0.3, 0.4) is 0 Å². The van der Waals surface area contributed by atoms with E-state index in [0.29, 0.717) is 10.6 Å². The van der Waals surface area contributed by atoms with Crippen LogP contribution in [0.5, 0.6) is 0 Å². The van der Waals surface area contributed by atoms with Crippen LogP contribution in [0.4, 0.5) is 10.1 Å². The molecule has 4 heteroatoms. The Hall–Kier alpha value is -0.800. The molecule has 4 N–H and O–H groups in total. The zero-order valence-corrected chi connectivity index (χ0v) is 11.5. The minimum atomic E-state index is -0.612. The fourth-order valence-corrected chi connectivity index (χ4v) is 2.50. The average Bonchev–Trinajstić information content (AvgIpc) is 2.21. The van der Waals surface area contributed by atoms with Gasteiger partial charge in [-0.2, -0.15) is 0 Å². The first-order valence-corrected chi connectivity index (χ1v) is 6.12. The molecule has 0 atom stereocenters. The van der Waals surface area contributed by atoms with Gasteiger partial charge in [-0.05, 0) is 29.5 Å². The highest BCUT2D eigenvalue weighted by Gasteiger charge is 2.36. The maximum atomic E-state index is 13.3. The second-order valence-electron chi connectivity index (χ2n) is 5.10. The number of hydrogen-bond donors (Lipinski definition) is 2. The minimum absolute atomic E-state index is 0.0838. The number of nitrogens with two attached hydrogens (primary N) is 2. The molecule has 17 heavy (non-hydrogen) atoms. The Labute approximate surface area is 107 Å². The lowest BCUT2D eigenvalue weighted by molar-refractivity contribution is 0.227. The van der Waals surface area contributed by atoms with Crippen molar-refractivity contribution in [1.82, 2.24) is 0 Å². The van der Waals surface area contributed by atoms with Crippen LogP contribution < -0.4 is 11.5 Å². The third kappa shape index (κ3) is 2.40. The van der Waals surface area contributed by atoms with Crippen molar-refractivity contribution in [2.45, 2.75) is 33.2 Å². The van der Waals surface area contributed by atoms with Crippen molar-refractivity contribution in [2.24, 2.45) is 17.6 Å². The fraction of sp³-hybridized carbons (Fsp3) is 0.538. The van der Waals surface area contributed by atoms with Crippen molar-refractivity contribution in [2.75, 3.05) is 5.73 Å². The lowest BCUT2D eigenvalue weighted by atomic mass is 9.72. The molecule has 1 aromatic rings. The Morgan fingerprint density at radius 3 is 2.06 bits per heavy atom. The Bertz CT molecular complexity index is 408. The predicted octanol–water partition coefficient (Wildman–Crippen LogP) is 3.53. The van der Waals surface area contributed by atoms with Crippen molar-refractivity contribution in [1.29, 1.82) is 0 Å². The van der Waals surface area contributed by atoms with Crippen LogP contribution in [0.25, 0.3) is 0 Å². The first-order valence-electron chi connectivity index (χ1n) is 5.75. The molecule has 2 nitrogen and oxygen atoms in total. The van der Waals surface area contributed by atoms with Gasteiger partial charge in [-0.1, -0.05) is 39.3 Å². The summed E-state index contributed by atoms with van der Waals surface area (Å²) in [7, 11) is 0. The smallest absolute Gasteiger partial charge is 0.147 e. The summed E-state index contributed by atoms with van der Waals surface area (Å²) in [6, 6.07) is 2.79. The summed E-state index contributed by atoms with van der Waals surface area (Å²) >= 11 is 6.10. The molecular weight excluding hydrogens is 239 g/mol. The molecular formula is C13H20ClFN2. The number of benzene rings is 1. The summed E-state index contributed by atoms with van der Waals surface area (Å²) < 4.78 is 13.3. The molecule has 0 heterocycles. The van der Waals surface area contributed by atoms with Gasteiger partial charge in [0.1, 0.15) is 5.82 Å². The number of rotatable bonds is 3. The van der Waals surface area contributed by atoms with E-state index in [1.807, 2.05) is 27.7 Å².